The largest absolute Gasteiger partial charge is 0.496 e. The van der Waals surface area contributed by atoms with Crippen LogP contribution in [0.4, 0.5) is 5.69 Å². The van der Waals surface area contributed by atoms with E-state index in [0.29, 0.717) is 17.0 Å². The SMILES string of the molecule is COc1cc(/C(C)=N/OCCO)cc([N+](=O)[O-])c1. The molecule has 0 radical (unpaired) electrons. The fraction of sp³-hybridized carbons (Fsp3) is 0.364. The second kappa shape index (κ2) is 6.55. The molecule has 0 spiro atoms. The number of hydrogen-bond donors (Lipinski definition) is 1. The molecule has 98 valence electrons. The van der Waals surface area contributed by atoms with Crippen molar-refractivity contribution in [1.82, 2.24) is 0 Å². The summed E-state index contributed by atoms with van der Waals surface area (Å²) >= 11 is 0. The van der Waals surface area contributed by atoms with E-state index < -0.39 is 4.92 Å². The first kappa shape index (κ1) is 13.9. The number of aliphatic hydroxyl groups excluding tert-OH is 1. The smallest absolute Gasteiger partial charge is 0.273 e. The van der Waals surface area contributed by atoms with Crippen molar-refractivity contribution in [1.29, 1.82) is 0 Å². The number of oxime groups is 1. The van der Waals surface area contributed by atoms with Crippen LogP contribution in [0, 0.1) is 10.1 Å². The Bertz CT molecular complexity index is 459. The normalized spacial score (nSPS) is 11.2. The standard InChI is InChI=1S/C11H14N2O5/c1-8(12-18-4-3-14)9-5-10(13(15)16)7-11(6-9)17-2/h5-7,14H,3-4H2,1-2H3/b12-8+. The first-order chi connectivity index (χ1) is 8.58. The molecule has 0 aromatic heterocycles. The fourth-order valence-corrected chi connectivity index (χ4v) is 1.25. The number of hydrogen-bond acceptors (Lipinski definition) is 6. The number of ether oxygens (including phenoxy) is 1. The maximum Gasteiger partial charge on any atom is 0.273 e. The van der Waals surface area contributed by atoms with Crippen LogP contribution in [0.15, 0.2) is 23.4 Å². The lowest BCUT2D eigenvalue weighted by Gasteiger charge is -2.05. The zero-order valence-electron chi connectivity index (χ0n) is 10.1. The molecule has 0 bridgehead atoms. The second-order valence-corrected chi connectivity index (χ2v) is 3.41. The molecule has 7 heteroatoms. The first-order valence-corrected chi connectivity index (χ1v) is 5.19. The Morgan fingerprint density at radius 2 is 2.22 bits per heavy atom. The van der Waals surface area contributed by atoms with E-state index in [0.717, 1.165) is 0 Å². The average molecular weight is 254 g/mol. The summed E-state index contributed by atoms with van der Waals surface area (Å²) < 4.78 is 4.98. The lowest BCUT2D eigenvalue weighted by molar-refractivity contribution is -0.384. The van der Waals surface area contributed by atoms with Gasteiger partial charge in [-0.05, 0) is 13.0 Å². The van der Waals surface area contributed by atoms with E-state index in [1.165, 1.54) is 19.2 Å². The number of nitro benzene ring substituents is 1. The minimum absolute atomic E-state index is 0.0728. The van der Waals surface area contributed by atoms with E-state index in [4.69, 9.17) is 14.7 Å². The lowest BCUT2D eigenvalue weighted by atomic mass is 10.1. The maximum absolute atomic E-state index is 10.8. The van der Waals surface area contributed by atoms with Gasteiger partial charge >= 0.3 is 0 Å². The van der Waals surface area contributed by atoms with E-state index in [9.17, 15) is 10.1 Å². The number of methoxy groups -OCH3 is 1. The van der Waals surface area contributed by atoms with Gasteiger partial charge in [-0.1, -0.05) is 5.16 Å². The summed E-state index contributed by atoms with van der Waals surface area (Å²) in [5.41, 5.74) is 0.908. The number of non-ortho nitro benzene ring substituents is 1. The van der Waals surface area contributed by atoms with Crippen LogP contribution < -0.4 is 4.74 Å². The molecule has 0 atom stereocenters. The molecule has 1 aromatic carbocycles. The third-order valence-corrected chi connectivity index (χ3v) is 2.14. The highest BCUT2D eigenvalue weighted by atomic mass is 16.6. The average Bonchev–Trinajstić information content (AvgIpc) is 2.38. The van der Waals surface area contributed by atoms with Gasteiger partial charge < -0.3 is 14.7 Å². The van der Waals surface area contributed by atoms with Crippen LogP contribution in [0.5, 0.6) is 5.75 Å². The van der Waals surface area contributed by atoms with Crippen molar-refractivity contribution >= 4 is 11.4 Å². The van der Waals surface area contributed by atoms with Crippen molar-refractivity contribution in [3.8, 4) is 5.75 Å². The van der Waals surface area contributed by atoms with Crippen LogP contribution in [0.1, 0.15) is 12.5 Å². The molecule has 0 heterocycles. The third kappa shape index (κ3) is 3.70. The number of nitro groups is 1. The van der Waals surface area contributed by atoms with Crippen molar-refractivity contribution in [2.24, 2.45) is 5.16 Å². The topological polar surface area (TPSA) is 94.2 Å². The molecule has 18 heavy (non-hydrogen) atoms. The summed E-state index contributed by atoms with van der Waals surface area (Å²) in [7, 11) is 1.43. The molecule has 0 saturated heterocycles. The van der Waals surface area contributed by atoms with E-state index in [1.807, 2.05) is 0 Å². The Morgan fingerprint density at radius 3 is 2.78 bits per heavy atom. The van der Waals surface area contributed by atoms with Crippen LogP contribution in [-0.4, -0.2) is 36.1 Å². The molecule has 1 rings (SSSR count). The Labute approximate surface area is 104 Å². The van der Waals surface area contributed by atoms with Gasteiger partial charge in [-0.2, -0.15) is 0 Å². The summed E-state index contributed by atoms with van der Waals surface area (Å²) in [5, 5.41) is 23.0. The molecule has 0 fully saturated rings. The van der Waals surface area contributed by atoms with Gasteiger partial charge in [0, 0.05) is 11.6 Å². The van der Waals surface area contributed by atoms with Gasteiger partial charge in [-0.25, -0.2) is 0 Å². The summed E-state index contributed by atoms with van der Waals surface area (Å²) in [4.78, 5) is 15.0. The highest BCUT2D eigenvalue weighted by molar-refractivity contribution is 5.99. The minimum Gasteiger partial charge on any atom is -0.496 e. The van der Waals surface area contributed by atoms with Crippen LogP contribution in [-0.2, 0) is 4.84 Å². The molecular weight excluding hydrogens is 240 g/mol. The first-order valence-electron chi connectivity index (χ1n) is 5.19. The Morgan fingerprint density at radius 1 is 1.50 bits per heavy atom. The Kier molecular flexibility index (Phi) is 5.06. The molecular formula is C11H14N2O5. The maximum atomic E-state index is 10.8. The second-order valence-electron chi connectivity index (χ2n) is 3.41. The van der Waals surface area contributed by atoms with Gasteiger partial charge in [0.25, 0.3) is 5.69 Å². The molecule has 0 aliphatic carbocycles. The quantitative estimate of drug-likeness (QED) is 0.358. The van der Waals surface area contributed by atoms with E-state index in [-0.39, 0.29) is 18.9 Å². The summed E-state index contributed by atoms with van der Waals surface area (Å²) in [6.07, 6.45) is 0. The monoisotopic (exact) mass is 254 g/mol. The zero-order chi connectivity index (χ0) is 13.5. The molecule has 1 N–H and O–H groups in total. The van der Waals surface area contributed by atoms with Crippen LogP contribution in [0.25, 0.3) is 0 Å². The number of nitrogens with zero attached hydrogens (tertiary/aromatic N) is 2. The number of benzene rings is 1. The van der Waals surface area contributed by atoms with Gasteiger partial charge in [-0.15, -0.1) is 0 Å². The van der Waals surface area contributed by atoms with Crippen molar-refractivity contribution in [2.75, 3.05) is 20.3 Å². The Hall–Kier alpha value is -2.15. The van der Waals surface area contributed by atoms with Crippen LogP contribution in [0.2, 0.25) is 0 Å². The van der Waals surface area contributed by atoms with Crippen molar-refractivity contribution in [3.63, 3.8) is 0 Å². The minimum atomic E-state index is -0.506. The lowest BCUT2D eigenvalue weighted by Crippen LogP contribution is -2.01. The molecule has 0 aliphatic rings. The predicted octanol–water partition coefficient (Wildman–Crippen LogP) is 1.34. The highest BCUT2D eigenvalue weighted by Gasteiger charge is 2.12. The number of rotatable bonds is 6. The Balaban J connectivity index is 3.03. The van der Waals surface area contributed by atoms with Gasteiger partial charge in [-0.3, -0.25) is 10.1 Å². The third-order valence-electron chi connectivity index (χ3n) is 2.14. The predicted molar refractivity (Wildman–Crippen MR) is 64.9 cm³/mol. The van der Waals surface area contributed by atoms with E-state index in [2.05, 4.69) is 5.16 Å². The van der Waals surface area contributed by atoms with E-state index >= 15 is 0 Å². The molecule has 1 aromatic rings. The summed E-state index contributed by atoms with van der Waals surface area (Å²) in [6.45, 7) is 1.58. The van der Waals surface area contributed by atoms with Crippen LogP contribution >= 0.6 is 0 Å². The van der Waals surface area contributed by atoms with Crippen molar-refractivity contribution in [2.45, 2.75) is 6.92 Å². The number of aliphatic hydroxyl groups is 1. The summed E-state index contributed by atoms with van der Waals surface area (Å²) in [6, 6.07) is 4.32. The molecule has 0 saturated carbocycles. The molecule has 0 aliphatic heterocycles. The van der Waals surface area contributed by atoms with Crippen molar-refractivity contribution < 1.29 is 19.6 Å². The van der Waals surface area contributed by atoms with Gasteiger partial charge in [0.05, 0.1) is 30.4 Å². The zero-order valence-corrected chi connectivity index (χ0v) is 10.1. The molecule has 7 nitrogen and oxygen atoms in total. The highest BCUT2D eigenvalue weighted by Crippen LogP contribution is 2.23. The van der Waals surface area contributed by atoms with Gasteiger partial charge in [0.1, 0.15) is 12.4 Å². The van der Waals surface area contributed by atoms with E-state index in [1.54, 1.807) is 13.0 Å². The van der Waals surface area contributed by atoms with Gasteiger partial charge in [0.2, 0.25) is 0 Å². The molecule has 0 unspecified atom stereocenters. The fourth-order valence-electron chi connectivity index (χ4n) is 1.25. The summed E-state index contributed by atoms with van der Waals surface area (Å²) in [5.74, 6) is 0.371. The van der Waals surface area contributed by atoms with Crippen LogP contribution in [0.3, 0.4) is 0 Å². The van der Waals surface area contributed by atoms with Gasteiger partial charge in [0.15, 0.2) is 0 Å². The van der Waals surface area contributed by atoms with Crippen molar-refractivity contribution in [3.05, 3.63) is 33.9 Å². The molecule has 0 amide bonds.